The van der Waals surface area contributed by atoms with Crippen LogP contribution < -0.4 is 5.32 Å². The van der Waals surface area contributed by atoms with Crippen LogP contribution in [-0.2, 0) is 17.8 Å². The molecule has 4 nitrogen and oxygen atoms in total. The number of rotatable bonds is 1. The minimum Gasteiger partial charge on any atom is -0.326 e. The van der Waals surface area contributed by atoms with Crippen LogP contribution in [0.4, 0.5) is 5.69 Å². The molecule has 0 saturated heterocycles. The van der Waals surface area contributed by atoms with Crippen molar-refractivity contribution in [3.05, 3.63) is 48.0 Å². The lowest BCUT2D eigenvalue weighted by Crippen LogP contribution is -2.18. The Morgan fingerprint density at radius 2 is 2.32 bits per heavy atom. The van der Waals surface area contributed by atoms with E-state index in [0.29, 0.717) is 13.0 Å². The van der Waals surface area contributed by atoms with Crippen LogP contribution >= 0.6 is 0 Å². The SMILES string of the molecule is O=C1CCc2cc(C#CCn3ccnc3)ccc2N1. The molecule has 1 amide bonds. The van der Waals surface area contributed by atoms with Crippen LogP contribution in [0.25, 0.3) is 0 Å². The van der Waals surface area contributed by atoms with E-state index < -0.39 is 0 Å². The summed E-state index contributed by atoms with van der Waals surface area (Å²) in [5.41, 5.74) is 3.06. The second-order valence-corrected chi connectivity index (χ2v) is 4.46. The van der Waals surface area contributed by atoms with Gasteiger partial charge in [-0.2, -0.15) is 0 Å². The van der Waals surface area contributed by atoms with Gasteiger partial charge in [-0.3, -0.25) is 4.79 Å². The van der Waals surface area contributed by atoms with Crippen LogP contribution in [0, 0.1) is 11.8 Å². The van der Waals surface area contributed by atoms with Crippen molar-refractivity contribution in [2.45, 2.75) is 19.4 Å². The van der Waals surface area contributed by atoms with E-state index in [1.807, 2.05) is 22.9 Å². The van der Waals surface area contributed by atoms with Gasteiger partial charge in [0.1, 0.15) is 0 Å². The number of carbonyl (C=O) groups excluding carboxylic acids is 1. The highest BCUT2D eigenvalue weighted by atomic mass is 16.1. The van der Waals surface area contributed by atoms with Gasteiger partial charge in [-0.1, -0.05) is 11.8 Å². The standard InChI is InChI=1S/C15H13N3O/c19-15-6-4-13-10-12(3-5-14(13)17-15)2-1-8-18-9-7-16-11-18/h3,5,7,9-11H,4,6,8H2,(H,17,19). The van der Waals surface area contributed by atoms with E-state index in [9.17, 15) is 4.79 Å². The number of hydrogen-bond donors (Lipinski definition) is 1. The summed E-state index contributed by atoms with van der Waals surface area (Å²) in [5, 5.41) is 2.87. The van der Waals surface area contributed by atoms with Crippen LogP contribution in [0.3, 0.4) is 0 Å². The van der Waals surface area contributed by atoms with Gasteiger partial charge >= 0.3 is 0 Å². The van der Waals surface area contributed by atoms with Crippen LogP contribution in [0.15, 0.2) is 36.9 Å². The predicted molar refractivity (Wildman–Crippen MR) is 72.5 cm³/mol. The molecule has 0 aliphatic carbocycles. The molecule has 0 saturated carbocycles. The third kappa shape index (κ3) is 2.66. The summed E-state index contributed by atoms with van der Waals surface area (Å²) >= 11 is 0. The van der Waals surface area contributed by atoms with E-state index in [4.69, 9.17) is 0 Å². The fourth-order valence-electron chi connectivity index (χ4n) is 2.07. The topological polar surface area (TPSA) is 46.9 Å². The van der Waals surface area contributed by atoms with Crippen molar-refractivity contribution in [3.8, 4) is 11.8 Å². The molecular weight excluding hydrogens is 238 g/mol. The molecule has 0 radical (unpaired) electrons. The Morgan fingerprint density at radius 1 is 1.37 bits per heavy atom. The minimum atomic E-state index is 0.0893. The third-order valence-corrected chi connectivity index (χ3v) is 3.05. The van der Waals surface area contributed by atoms with Crippen molar-refractivity contribution < 1.29 is 4.79 Å². The van der Waals surface area contributed by atoms with Crippen LogP contribution in [0.1, 0.15) is 17.5 Å². The summed E-state index contributed by atoms with van der Waals surface area (Å²) in [5.74, 6) is 6.33. The molecule has 0 fully saturated rings. The van der Waals surface area contributed by atoms with Crippen LogP contribution in [0.5, 0.6) is 0 Å². The van der Waals surface area contributed by atoms with Gasteiger partial charge in [-0.05, 0) is 30.2 Å². The summed E-state index contributed by atoms with van der Waals surface area (Å²) < 4.78 is 1.92. The first-order valence-electron chi connectivity index (χ1n) is 6.19. The number of benzene rings is 1. The first-order chi connectivity index (χ1) is 9.31. The average Bonchev–Trinajstić information content (AvgIpc) is 2.92. The van der Waals surface area contributed by atoms with Crippen molar-refractivity contribution in [2.24, 2.45) is 0 Å². The van der Waals surface area contributed by atoms with Gasteiger partial charge in [0.2, 0.25) is 5.91 Å². The molecule has 19 heavy (non-hydrogen) atoms. The van der Waals surface area contributed by atoms with Gasteiger partial charge in [-0.25, -0.2) is 4.98 Å². The molecule has 1 aromatic heterocycles. The largest absolute Gasteiger partial charge is 0.326 e. The molecule has 0 bridgehead atoms. The van der Waals surface area contributed by atoms with Gasteiger partial charge in [0.05, 0.1) is 12.9 Å². The number of nitrogens with one attached hydrogen (secondary N) is 1. The number of carbonyl (C=O) groups is 1. The van der Waals surface area contributed by atoms with Crippen molar-refractivity contribution in [3.63, 3.8) is 0 Å². The number of fused-ring (bicyclic) bond motifs is 1. The van der Waals surface area contributed by atoms with E-state index in [-0.39, 0.29) is 5.91 Å². The summed E-state index contributed by atoms with van der Waals surface area (Å²) in [6, 6.07) is 5.91. The molecule has 1 N–H and O–H groups in total. The molecule has 4 heteroatoms. The quantitative estimate of drug-likeness (QED) is 0.786. The highest BCUT2D eigenvalue weighted by molar-refractivity contribution is 5.93. The van der Waals surface area contributed by atoms with E-state index in [2.05, 4.69) is 28.2 Å². The number of imidazole rings is 1. The maximum Gasteiger partial charge on any atom is 0.224 e. The van der Waals surface area contributed by atoms with Gasteiger partial charge in [-0.15, -0.1) is 0 Å². The fourth-order valence-corrected chi connectivity index (χ4v) is 2.07. The van der Waals surface area contributed by atoms with E-state index in [1.165, 1.54) is 0 Å². The van der Waals surface area contributed by atoms with Gasteiger partial charge in [0.25, 0.3) is 0 Å². The predicted octanol–water partition coefficient (Wildman–Crippen LogP) is 1.82. The summed E-state index contributed by atoms with van der Waals surface area (Å²) in [6.45, 7) is 0.633. The van der Waals surface area contributed by atoms with Crippen molar-refractivity contribution in [2.75, 3.05) is 5.32 Å². The highest BCUT2D eigenvalue weighted by Gasteiger charge is 2.13. The van der Waals surface area contributed by atoms with Gasteiger partial charge < -0.3 is 9.88 Å². The zero-order chi connectivity index (χ0) is 13.1. The van der Waals surface area contributed by atoms with Crippen molar-refractivity contribution >= 4 is 11.6 Å². The average molecular weight is 251 g/mol. The number of nitrogens with zero attached hydrogens (tertiary/aromatic N) is 2. The lowest BCUT2D eigenvalue weighted by atomic mass is 10.0. The Kier molecular flexibility index (Phi) is 3.03. The molecular formula is C15H13N3O. The van der Waals surface area contributed by atoms with Crippen LogP contribution in [-0.4, -0.2) is 15.5 Å². The Morgan fingerprint density at radius 3 is 3.16 bits per heavy atom. The normalized spacial score (nSPS) is 13.2. The van der Waals surface area contributed by atoms with Crippen molar-refractivity contribution in [1.82, 2.24) is 9.55 Å². The Balaban J connectivity index is 1.76. The fraction of sp³-hybridized carbons (Fsp3) is 0.200. The maximum absolute atomic E-state index is 11.3. The van der Waals surface area contributed by atoms with E-state index in [1.54, 1.807) is 12.5 Å². The molecule has 3 rings (SSSR count). The lowest BCUT2D eigenvalue weighted by molar-refractivity contribution is -0.116. The van der Waals surface area contributed by atoms with Gasteiger partial charge in [0, 0.05) is 30.1 Å². The molecule has 1 aliphatic heterocycles. The Labute approximate surface area is 111 Å². The Bertz CT molecular complexity index is 662. The number of amides is 1. The molecule has 2 heterocycles. The monoisotopic (exact) mass is 251 g/mol. The zero-order valence-electron chi connectivity index (χ0n) is 10.4. The molecule has 0 spiro atoms. The molecule has 0 unspecified atom stereocenters. The Hall–Kier alpha value is -2.54. The number of aromatic nitrogens is 2. The maximum atomic E-state index is 11.3. The second-order valence-electron chi connectivity index (χ2n) is 4.46. The lowest BCUT2D eigenvalue weighted by Gasteiger charge is -2.16. The first kappa shape index (κ1) is 11.5. The third-order valence-electron chi connectivity index (χ3n) is 3.05. The molecule has 0 atom stereocenters. The van der Waals surface area contributed by atoms with E-state index in [0.717, 1.165) is 23.2 Å². The zero-order valence-corrected chi connectivity index (χ0v) is 10.4. The first-order valence-corrected chi connectivity index (χ1v) is 6.19. The number of hydrogen-bond acceptors (Lipinski definition) is 2. The molecule has 94 valence electrons. The van der Waals surface area contributed by atoms with Crippen LogP contribution in [0.2, 0.25) is 0 Å². The number of aryl methyl sites for hydroxylation is 1. The van der Waals surface area contributed by atoms with E-state index >= 15 is 0 Å². The molecule has 1 aromatic carbocycles. The summed E-state index contributed by atoms with van der Waals surface area (Å²) in [6.07, 6.45) is 6.72. The second kappa shape index (κ2) is 4.99. The highest BCUT2D eigenvalue weighted by Crippen LogP contribution is 2.23. The summed E-state index contributed by atoms with van der Waals surface area (Å²) in [4.78, 5) is 15.2. The minimum absolute atomic E-state index is 0.0893. The molecule has 1 aliphatic rings. The summed E-state index contributed by atoms with van der Waals surface area (Å²) in [7, 11) is 0. The van der Waals surface area contributed by atoms with Gasteiger partial charge in [0.15, 0.2) is 0 Å². The van der Waals surface area contributed by atoms with Crippen molar-refractivity contribution in [1.29, 1.82) is 0 Å². The molecule has 2 aromatic rings. The smallest absolute Gasteiger partial charge is 0.224 e. The number of anilines is 1.